The first kappa shape index (κ1) is 15.7. The van der Waals surface area contributed by atoms with E-state index in [0.717, 1.165) is 6.42 Å². The fraction of sp³-hybridized carbons (Fsp3) is 0.588. The van der Waals surface area contributed by atoms with E-state index in [4.69, 9.17) is 0 Å². The maximum Gasteiger partial charge on any atom is 0.234 e. The number of rotatable bonds is 11. The fourth-order valence-electron chi connectivity index (χ4n) is 2.27. The van der Waals surface area contributed by atoms with Crippen molar-refractivity contribution in [1.29, 1.82) is 0 Å². The number of nitrogens with zero attached hydrogens (tertiary/aromatic N) is 1. The van der Waals surface area contributed by atoms with Crippen molar-refractivity contribution in [3.8, 4) is 0 Å². The summed E-state index contributed by atoms with van der Waals surface area (Å²) in [7, 11) is 0. The van der Waals surface area contributed by atoms with Crippen LogP contribution in [-0.2, 0) is 11.2 Å². The van der Waals surface area contributed by atoms with Crippen molar-refractivity contribution < 1.29 is 4.79 Å². The van der Waals surface area contributed by atoms with Gasteiger partial charge in [0.1, 0.15) is 0 Å². The minimum atomic E-state index is 0.653. The first-order valence-corrected chi connectivity index (χ1v) is 7.51. The molecule has 0 spiro atoms. The van der Waals surface area contributed by atoms with Crippen LogP contribution in [0.5, 0.6) is 0 Å². The standard InChI is InChI=1S/C17H25NO/c19-16-18-15-11-6-4-2-1-3-5-8-12-17-13-9-7-10-14-17/h7,9-10,13-14H,1-6,8,11-12,15H2. The van der Waals surface area contributed by atoms with Gasteiger partial charge in [-0.25, -0.2) is 9.79 Å². The number of hydrogen-bond acceptors (Lipinski definition) is 2. The van der Waals surface area contributed by atoms with Crippen LogP contribution in [0, 0.1) is 0 Å². The van der Waals surface area contributed by atoms with Crippen LogP contribution in [0.3, 0.4) is 0 Å². The Hall–Kier alpha value is -1.40. The summed E-state index contributed by atoms with van der Waals surface area (Å²) in [5, 5.41) is 0. The van der Waals surface area contributed by atoms with Crippen molar-refractivity contribution in [3.05, 3.63) is 35.9 Å². The quantitative estimate of drug-likeness (QED) is 0.322. The molecule has 1 aromatic rings. The molecule has 0 aliphatic heterocycles. The molecule has 0 heterocycles. The SMILES string of the molecule is O=C=NCCCCCCCCCCc1ccccc1. The molecule has 2 heteroatoms. The van der Waals surface area contributed by atoms with Crippen LogP contribution in [-0.4, -0.2) is 12.6 Å². The van der Waals surface area contributed by atoms with Crippen LogP contribution in [0.25, 0.3) is 0 Å². The van der Waals surface area contributed by atoms with Gasteiger partial charge in [0.2, 0.25) is 6.08 Å². The minimum absolute atomic E-state index is 0.653. The molecule has 0 aliphatic rings. The van der Waals surface area contributed by atoms with E-state index in [-0.39, 0.29) is 0 Å². The molecule has 1 aromatic carbocycles. The smallest absolute Gasteiger partial charge is 0.211 e. The summed E-state index contributed by atoms with van der Waals surface area (Å²) in [6, 6.07) is 10.7. The molecule has 0 N–H and O–H groups in total. The van der Waals surface area contributed by atoms with E-state index in [0.29, 0.717) is 6.54 Å². The Morgan fingerprint density at radius 3 is 2.00 bits per heavy atom. The highest BCUT2D eigenvalue weighted by atomic mass is 16.1. The highest BCUT2D eigenvalue weighted by Gasteiger charge is 1.94. The molecule has 0 saturated heterocycles. The molecule has 0 bridgehead atoms. The molecule has 19 heavy (non-hydrogen) atoms. The number of aryl methyl sites for hydroxylation is 1. The third-order valence-corrected chi connectivity index (χ3v) is 3.39. The Morgan fingerprint density at radius 2 is 1.37 bits per heavy atom. The van der Waals surface area contributed by atoms with Crippen molar-refractivity contribution in [1.82, 2.24) is 0 Å². The van der Waals surface area contributed by atoms with Crippen molar-refractivity contribution in [2.24, 2.45) is 4.99 Å². The van der Waals surface area contributed by atoms with Gasteiger partial charge in [-0.05, 0) is 24.8 Å². The van der Waals surface area contributed by atoms with Gasteiger partial charge >= 0.3 is 0 Å². The van der Waals surface area contributed by atoms with Crippen LogP contribution in [0.1, 0.15) is 56.9 Å². The molecule has 104 valence electrons. The lowest BCUT2D eigenvalue weighted by Crippen LogP contribution is -1.86. The summed E-state index contributed by atoms with van der Waals surface area (Å²) >= 11 is 0. The third kappa shape index (κ3) is 9.21. The van der Waals surface area contributed by atoms with Crippen LogP contribution in [0.15, 0.2) is 35.3 Å². The molecule has 1 rings (SSSR count). The Bertz CT molecular complexity index is 355. The van der Waals surface area contributed by atoms with E-state index in [1.54, 1.807) is 6.08 Å². The highest BCUT2D eigenvalue weighted by molar-refractivity contribution is 5.32. The molecule has 0 aliphatic carbocycles. The molecular formula is C17H25NO. The van der Waals surface area contributed by atoms with Crippen molar-refractivity contribution in [2.45, 2.75) is 57.8 Å². The summed E-state index contributed by atoms with van der Waals surface area (Å²) in [6.07, 6.45) is 12.9. The van der Waals surface area contributed by atoms with Crippen LogP contribution < -0.4 is 0 Å². The van der Waals surface area contributed by atoms with Gasteiger partial charge in [0, 0.05) is 0 Å². The van der Waals surface area contributed by atoms with Gasteiger partial charge in [0.25, 0.3) is 0 Å². The van der Waals surface area contributed by atoms with Gasteiger partial charge in [-0.15, -0.1) is 0 Å². The van der Waals surface area contributed by atoms with Crippen LogP contribution >= 0.6 is 0 Å². The van der Waals surface area contributed by atoms with Gasteiger partial charge < -0.3 is 0 Å². The topological polar surface area (TPSA) is 29.4 Å². The van der Waals surface area contributed by atoms with Gasteiger partial charge in [-0.3, -0.25) is 0 Å². The van der Waals surface area contributed by atoms with E-state index in [1.165, 1.54) is 56.9 Å². The summed E-state index contributed by atoms with van der Waals surface area (Å²) in [6.45, 7) is 0.653. The third-order valence-electron chi connectivity index (χ3n) is 3.39. The molecule has 0 amide bonds. The summed E-state index contributed by atoms with van der Waals surface area (Å²) in [5.41, 5.74) is 1.46. The molecule has 0 atom stereocenters. The maximum absolute atomic E-state index is 9.85. The lowest BCUT2D eigenvalue weighted by Gasteiger charge is -2.02. The molecule has 0 saturated carbocycles. The first-order valence-electron chi connectivity index (χ1n) is 7.51. The van der Waals surface area contributed by atoms with Crippen LogP contribution in [0.4, 0.5) is 0 Å². The number of carbonyl (C=O) groups excluding carboxylic acids is 1. The van der Waals surface area contributed by atoms with Crippen molar-refractivity contribution in [3.63, 3.8) is 0 Å². The number of unbranched alkanes of at least 4 members (excludes halogenated alkanes) is 7. The number of hydrogen-bond donors (Lipinski definition) is 0. The summed E-state index contributed by atoms with van der Waals surface area (Å²) in [4.78, 5) is 13.4. The van der Waals surface area contributed by atoms with Gasteiger partial charge in [-0.2, -0.15) is 0 Å². The Morgan fingerprint density at radius 1 is 0.789 bits per heavy atom. The van der Waals surface area contributed by atoms with Crippen molar-refractivity contribution in [2.75, 3.05) is 6.54 Å². The molecular weight excluding hydrogens is 234 g/mol. The number of isocyanates is 1. The Balaban J connectivity index is 1.82. The fourth-order valence-corrected chi connectivity index (χ4v) is 2.27. The average molecular weight is 259 g/mol. The zero-order valence-electron chi connectivity index (χ0n) is 11.8. The highest BCUT2D eigenvalue weighted by Crippen LogP contribution is 2.11. The largest absolute Gasteiger partial charge is 0.234 e. The maximum atomic E-state index is 9.85. The molecule has 0 fully saturated rings. The second kappa shape index (κ2) is 11.7. The minimum Gasteiger partial charge on any atom is -0.211 e. The zero-order valence-corrected chi connectivity index (χ0v) is 11.8. The zero-order chi connectivity index (χ0) is 13.6. The molecule has 2 nitrogen and oxygen atoms in total. The van der Waals surface area contributed by atoms with E-state index >= 15 is 0 Å². The van der Waals surface area contributed by atoms with Gasteiger partial charge in [0.15, 0.2) is 0 Å². The number of benzene rings is 1. The predicted octanol–water partition coefficient (Wildman–Crippen LogP) is 4.69. The molecule has 0 unspecified atom stereocenters. The van der Waals surface area contributed by atoms with Crippen molar-refractivity contribution >= 4 is 6.08 Å². The van der Waals surface area contributed by atoms with Crippen LogP contribution in [0.2, 0.25) is 0 Å². The van der Waals surface area contributed by atoms with Gasteiger partial charge in [0.05, 0.1) is 6.54 Å². The molecule has 0 radical (unpaired) electrons. The predicted molar refractivity (Wildman–Crippen MR) is 80.1 cm³/mol. The summed E-state index contributed by atoms with van der Waals surface area (Å²) in [5.74, 6) is 0. The lowest BCUT2D eigenvalue weighted by molar-refractivity contribution is 0.556. The van der Waals surface area contributed by atoms with Gasteiger partial charge in [-0.1, -0.05) is 68.9 Å². The Kier molecular flexibility index (Phi) is 9.62. The van der Waals surface area contributed by atoms with E-state index in [1.807, 2.05) is 0 Å². The van der Waals surface area contributed by atoms with E-state index < -0.39 is 0 Å². The Labute approximate surface area is 117 Å². The monoisotopic (exact) mass is 259 g/mol. The first-order chi connectivity index (χ1) is 9.43. The second-order valence-electron chi connectivity index (χ2n) is 5.04. The lowest BCUT2D eigenvalue weighted by atomic mass is 10.0. The van der Waals surface area contributed by atoms with E-state index in [2.05, 4.69) is 35.3 Å². The normalized spacial score (nSPS) is 10.1. The van der Waals surface area contributed by atoms with E-state index in [9.17, 15) is 4.79 Å². The number of aliphatic imine (C=N–C) groups is 1. The average Bonchev–Trinajstić information content (AvgIpc) is 2.46. The molecule has 0 aromatic heterocycles. The second-order valence-corrected chi connectivity index (χ2v) is 5.04. The summed E-state index contributed by atoms with van der Waals surface area (Å²) < 4.78 is 0.